The van der Waals surface area contributed by atoms with Gasteiger partial charge in [-0.1, -0.05) is 11.6 Å². The summed E-state index contributed by atoms with van der Waals surface area (Å²) >= 11 is 7.99. The van der Waals surface area contributed by atoms with Crippen LogP contribution in [0.15, 0.2) is 6.07 Å². The Morgan fingerprint density at radius 3 is 2.46 bits per heavy atom. The average molecular weight is 311 g/mol. The topological polar surface area (TPSA) is 37.3 Å². The Labute approximate surface area is 95.0 Å². The lowest BCUT2D eigenvalue weighted by Gasteiger charge is -2.08. The maximum absolute atomic E-state index is 10.8. The molecule has 0 spiro atoms. The van der Waals surface area contributed by atoms with Gasteiger partial charge in [-0.15, -0.1) is 0 Å². The van der Waals surface area contributed by atoms with Gasteiger partial charge >= 0.3 is 5.97 Å². The van der Waals surface area contributed by atoms with Crippen molar-refractivity contribution in [3.63, 3.8) is 0 Å². The third-order valence-electron chi connectivity index (χ3n) is 2.01. The van der Waals surface area contributed by atoms with Gasteiger partial charge < -0.3 is 5.11 Å². The van der Waals surface area contributed by atoms with Crippen molar-refractivity contribution < 1.29 is 9.90 Å². The quantitative estimate of drug-likeness (QED) is 0.808. The summed E-state index contributed by atoms with van der Waals surface area (Å²) in [5, 5.41) is 9.50. The number of carboxylic acid groups (broad SMARTS) is 1. The molecule has 1 aromatic rings. The van der Waals surface area contributed by atoms with Crippen LogP contribution in [0.2, 0.25) is 5.02 Å². The molecule has 1 N–H and O–H groups in total. The van der Waals surface area contributed by atoms with Crippen molar-refractivity contribution in [2.45, 2.75) is 13.8 Å². The Hall–Kier alpha value is -0.290. The summed E-state index contributed by atoms with van der Waals surface area (Å²) in [4.78, 5) is 10.8. The van der Waals surface area contributed by atoms with Gasteiger partial charge in [0.2, 0.25) is 0 Å². The molecule has 4 heteroatoms. The van der Waals surface area contributed by atoms with Crippen LogP contribution in [0.5, 0.6) is 0 Å². The summed E-state index contributed by atoms with van der Waals surface area (Å²) in [6.07, 6.45) is 0. The van der Waals surface area contributed by atoms with E-state index in [1.54, 1.807) is 13.0 Å². The van der Waals surface area contributed by atoms with Crippen LogP contribution >= 0.6 is 34.2 Å². The molecule has 0 atom stereocenters. The van der Waals surface area contributed by atoms with E-state index < -0.39 is 5.97 Å². The largest absolute Gasteiger partial charge is 0.478 e. The summed E-state index contributed by atoms with van der Waals surface area (Å²) in [5.41, 5.74) is 1.90. The molecule has 13 heavy (non-hydrogen) atoms. The van der Waals surface area contributed by atoms with Crippen molar-refractivity contribution in [2.75, 3.05) is 0 Å². The zero-order chi connectivity index (χ0) is 10.2. The molecular weight excluding hydrogens is 302 g/mol. The molecule has 0 saturated carbocycles. The number of aromatic carboxylic acids is 1. The Morgan fingerprint density at radius 2 is 2.00 bits per heavy atom. The van der Waals surface area contributed by atoms with Crippen molar-refractivity contribution in [3.05, 3.63) is 31.3 Å². The lowest BCUT2D eigenvalue weighted by atomic mass is 10.0. The SMILES string of the molecule is Cc1c(C(=O)O)cc(I)c(Cl)c1C. The Morgan fingerprint density at radius 1 is 1.46 bits per heavy atom. The monoisotopic (exact) mass is 310 g/mol. The first kappa shape index (κ1) is 10.8. The number of benzene rings is 1. The Bertz CT molecular complexity index is 374. The predicted octanol–water partition coefficient (Wildman–Crippen LogP) is 3.26. The molecule has 0 fully saturated rings. The fraction of sp³-hybridized carbons (Fsp3) is 0.222. The molecule has 0 aromatic heterocycles. The number of rotatable bonds is 1. The second-order valence-corrected chi connectivity index (χ2v) is 4.32. The van der Waals surface area contributed by atoms with Crippen molar-refractivity contribution in [3.8, 4) is 0 Å². The first-order valence-electron chi connectivity index (χ1n) is 3.63. The van der Waals surface area contributed by atoms with E-state index >= 15 is 0 Å². The van der Waals surface area contributed by atoms with Crippen LogP contribution in [0.4, 0.5) is 0 Å². The van der Waals surface area contributed by atoms with Crippen molar-refractivity contribution in [2.24, 2.45) is 0 Å². The highest BCUT2D eigenvalue weighted by atomic mass is 127. The standard InChI is InChI=1S/C9H8ClIO2/c1-4-5(2)8(10)7(11)3-6(4)9(12)13/h3H,1-2H3,(H,12,13). The molecule has 0 aliphatic rings. The van der Waals surface area contributed by atoms with Gasteiger partial charge in [-0.2, -0.15) is 0 Å². The Balaban J connectivity index is 3.50. The first-order valence-corrected chi connectivity index (χ1v) is 5.09. The molecule has 70 valence electrons. The van der Waals surface area contributed by atoms with E-state index in [2.05, 4.69) is 0 Å². The molecule has 0 bridgehead atoms. The van der Waals surface area contributed by atoms with Gasteiger partial charge in [-0.25, -0.2) is 4.79 Å². The predicted molar refractivity (Wildman–Crippen MR) is 60.6 cm³/mol. The lowest BCUT2D eigenvalue weighted by Crippen LogP contribution is -2.02. The summed E-state index contributed by atoms with van der Waals surface area (Å²) < 4.78 is 0.778. The molecule has 0 aliphatic carbocycles. The highest BCUT2D eigenvalue weighted by Gasteiger charge is 2.13. The Kier molecular flexibility index (Phi) is 3.18. The van der Waals surface area contributed by atoms with E-state index in [-0.39, 0.29) is 0 Å². The first-order chi connectivity index (χ1) is 5.95. The minimum Gasteiger partial charge on any atom is -0.478 e. The van der Waals surface area contributed by atoms with Crippen LogP contribution < -0.4 is 0 Å². The van der Waals surface area contributed by atoms with Gasteiger partial charge in [0.1, 0.15) is 0 Å². The highest BCUT2D eigenvalue weighted by Crippen LogP contribution is 2.27. The van der Waals surface area contributed by atoms with Crippen LogP contribution in [-0.4, -0.2) is 11.1 Å². The van der Waals surface area contributed by atoms with E-state index in [4.69, 9.17) is 16.7 Å². The van der Waals surface area contributed by atoms with E-state index in [9.17, 15) is 4.79 Å². The fourth-order valence-corrected chi connectivity index (χ4v) is 1.98. The second-order valence-electron chi connectivity index (χ2n) is 2.78. The molecule has 0 aliphatic heterocycles. The van der Waals surface area contributed by atoms with Crippen molar-refractivity contribution >= 4 is 40.2 Å². The van der Waals surface area contributed by atoms with Crippen LogP contribution in [0.3, 0.4) is 0 Å². The van der Waals surface area contributed by atoms with Crippen LogP contribution in [0, 0.1) is 17.4 Å². The van der Waals surface area contributed by atoms with Crippen LogP contribution in [-0.2, 0) is 0 Å². The average Bonchev–Trinajstić information content (AvgIpc) is 2.07. The number of hydrogen-bond acceptors (Lipinski definition) is 1. The maximum atomic E-state index is 10.8. The third-order valence-corrected chi connectivity index (χ3v) is 3.66. The smallest absolute Gasteiger partial charge is 0.336 e. The third kappa shape index (κ3) is 1.96. The molecule has 0 unspecified atom stereocenters. The number of carboxylic acids is 1. The molecule has 1 rings (SSSR count). The van der Waals surface area contributed by atoms with Crippen molar-refractivity contribution in [1.82, 2.24) is 0 Å². The summed E-state index contributed by atoms with van der Waals surface area (Å²) in [5.74, 6) is -0.907. The van der Waals surface area contributed by atoms with Gasteiger partial charge in [-0.05, 0) is 53.6 Å². The maximum Gasteiger partial charge on any atom is 0.336 e. The minimum absolute atomic E-state index is 0.325. The minimum atomic E-state index is -0.907. The van der Waals surface area contributed by atoms with E-state index in [1.807, 2.05) is 29.5 Å². The van der Waals surface area contributed by atoms with Gasteiger partial charge in [0.25, 0.3) is 0 Å². The van der Waals surface area contributed by atoms with Gasteiger partial charge in [-0.3, -0.25) is 0 Å². The molecule has 1 aromatic carbocycles. The highest BCUT2D eigenvalue weighted by molar-refractivity contribution is 14.1. The van der Waals surface area contributed by atoms with Crippen LogP contribution in [0.25, 0.3) is 0 Å². The summed E-state index contributed by atoms with van der Waals surface area (Å²) in [6, 6.07) is 1.59. The fourth-order valence-electron chi connectivity index (χ4n) is 1.07. The molecule has 0 amide bonds. The number of carbonyl (C=O) groups is 1. The second kappa shape index (κ2) is 3.84. The molecule has 0 radical (unpaired) electrons. The molecule has 0 saturated heterocycles. The number of halogens is 2. The number of hydrogen-bond donors (Lipinski definition) is 1. The molecule has 2 nitrogen and oxygen atoms in total. The van der Waals surface area contributed by atoms with Gasteiger partial charge in [0.05, 0.1) is 10.6 Å². The van der Waals surface area contributed by atoms with E-state index in [0.717, 1.165) is 14.7 Å². The van der Waals surface area contributed by atoms with E-state index in [0.29, 0.717) is 10.6 Å². The summed E-state index contributed by atoms with van der Waals surface area (Å²) in [7, 11) is 0. The van der Waals surface area contributed by atoms with Crippen LogP contribution in [0.1, 0.15) is 21.5 Å². The summed E-state index contributed by atoms with van der Waals surface area (Å²) in [6.45, 7) is 3.59. The molecular formula is C9H8ClIO2. The zero-order valence-electron chi connectivity index (χ0n) is 7.19. The zero-order valence-corrected chi connectivity index (χ0v) is 10.1. The van der Waals surface area contributed by atoms with Crippen molar-refractivity contribution in [1.29, 1.82) is 0 Å². The van der Waals surface area contributed by atoms with Gasteiger partial charge in [0, 0.05) is 3.57 Å². The lowest BCUT2D eigenvalue weighted by molar-refractivity contribution is 0.0696. The normalized spacial score (nSPS) is 10.2. The molecule has 0 heterocycles. The van der Waals surface area contributed by atoms with Gasteiger partial charge in [0.15, 0.2) is 0 Å². The van der Waals surface area contributed by atoms with E-state index in [1.165, 1.54) is 0 Å².